The van der Waals surface area contributed by atoms with E-state index in [-0.39, 0.29) is 42.7 Å². The van der Waals surface area contributed by atoms with E-state index in [9.17, 15) is 9.59 Å². The Morgan fingerprint density at radius 1 is 1.27 bits per heavy atom. The number of pyridine rings is 1. The Labute approximate surface area is 184 Å². The van der Waals surface area contributed by atoms with Gasteiger partial charge < -0.3 is 18.6 Å². The molecule has 3 heterocycles. The number of carbonyl (C=O) groups excluding carboxylic acids is 2. The number of nitrogens with zero attached hydrogens (tertiary/aromatic N) is 1. The first-order valence-corrected chi connectivity index (χ1v) is 11.3. The fraction of sp³-hybridized carbons (Fsp3) is 0.591. The van der Waals surface area contributed by atoms with Crippen molar-refractivity contribution in [2.45, 2.75) is 58.5 Å². The van der Waals surface area contributed by atoms with Crippen LogP contribution in [0.5, 0.6) is 0 Å². The molecule has 0 aliphatic carbocycles. The van der Waals surface area contributed by atoms with Gasteiger partial charge in [-0.05, 0) is 66.9 Å². The molecular formula is C22H28BrNO6. The summed E-state index contributed by atoms with van der Waals surface area (Å²) in [5.41, 5.74) is 1.12. The molecule has 1 saturated heterocycles. The van der Waals surface area contributed by atoms with E-state index >= 15 is 0 Å². The van der Waals surface area contributed by atoms with E-state index in [2.05, 4.69) is 27.8 Å². The molecule has 0 amide bonds. The van der Waals surface area contributed by atoms with Crippen LogP contribution >= 0.6 is 15.9 Å². The van der Waals surface area contributed by atoms with Crippen LogP contribution in [0.1, 0.15) is 68.5 Å². The second-order valence-corrected chi connectivity index (χ2v) is 8.30. The van der Waals surface area contributed by atoms with Crippen molar-refractivity contribution in [3.05, 3.63) is 28.1 Å². The molecule has 2 aromatic heterocycles. The molecule has 0 N–H and O–H groups in total. The Morgan fingerprint density at radius 3 is 2.70 bits per heavy atom. The zero-order valence-electron chi connectivity index (χ0n) is 17.6. The third-order valence-electron chi connectivity index (χ3n) is 5.48. The highest BCUT2D eigenvalue weighted by Crippen LogP contribution is 2.43. The van der Waals surface area contributed by atoms with Crippen molar-refractivity contribution in [1.82, 2.24) is 4.98 Å². The van der Waals surface area contributed by atoms with Gasteiger partial charge in [-0.1, -0.05) is 6.92 Å². The molecule has 2 aromatic rings. The fourth-order valence-corrected chi connectivity index (χ4v) is 4.44. The molecule has 8 heteroatoms. The Hall–Kier alpha value is -1.93. The predicted octanol–water partition coefficient (Wildman–Crippen LogP) is 5.01. The van der Waals surface area contributed by atoms with Gasteiger partial charge in [-0.25, -0.2) is 9.78 Å². The minimum Gasteiger partial charge on any atom is -0.466 e. The third kappa shape index (κ3) is 5.03. The van der Waals surface area contributed by atoms with E-state index in [1.54, 1.807) is 20.0 Å². The predicted molar refractivity (Wildman–Crippen MR) is 114 cm³/mol. The first kappa shape index (κ1) is 22.7. The minimum atomic E-state index is -0.520. The van der Waals surface area contributed by atoms with Gasteiger partial charge in [-0.3, -0.25) is 4.79 Å². The van der Waals surface area contributed by atoms with Crippen molar-refractivity contribution in [3.8, 4) is 0 Å². The summed E-state index contributed by atoms with van der Waals surface area (Å²) in [6.45, 7) is 6.79. The van der Waals surface area contributed by atoms with Crippen LogP contribution in [0, 0.1) is 5.92 Å². The molecule has 1 aliphatic rings. The lowest BCUT2D eigenvalue weighted by Crippen LogP contribution is -2.19. The number of carbonyl (C=O) groups is 2. The molecule has 0 radical (unpaired) electrons. The molecular weight excluding hydrogens is 454 g/mol. The van der Waals surface area contributed by atoms with E-state index in [1.807, 2.05) is 6.07 Å². The van der Waals surface area contributed by atoms with Gasteiger partial charge in [-0.2, -0.15) is 0 Å². The standard InChI is InChI=1S/C22H28BrNO6/c1-4-15-9-13(12-29-15)16(7-8-18(25)27-5-2)19-17-10-14(23)11-24-21(17)30-20(19)22(26)28-6-3/h10-11,13,15-16H,4-9,12H2,1-3H3. The number of hydrogen-bond donors (Lipinski definition) is 0. The number of fused-ring (bicyclic) bond motifs is 1. The van der Waals surface area contributed by atoms with E-state index in [1.165, 1.54) is 0 Å². The fourth-order valence-electron chi connectivity index (χ4n) is 4.11. The van der Waals surface area contributed by atoms with Crippen molar-refractivity contribution in [2.75, 3.05) is 19.8 Å². The molecule has 30 heavy (non-hydrogen) atoms. The van der Waals surface area contributed by atoms with Crippen LogP contribution in [0.3, 0.4) is 0 Å². The largest absolute Gasteiger partial charge is 0.466 e. The quantitative estimate of drug-likeness (QED) is 0.465. The molecule has 0 bridgehead atoms. The van der Waals surface area contributed by atoms with Gasteiger partial charge in [-0.15, -0.1) is 0 Å². The zero-order chi connectivity index (χ0) is 21.7. The van der Waals surface area contributed by atoms with Crippen LogP contribution in [-0.4, -0.2) is 42.8 Å². The van der Waals surface area contributed by atoms with Gasteiger partial charge in [0.15, 0.2) is 0 Å². The third-order valence-corrected chi connectivity index (χ3v) is 5.92. The summed E-state index contributed by atoms with van der Waals surface area (Å²) in [6, 6.07) is 1.90. The minimum absolute atomic E-state index is 0.122. The summed E-state index contributed by atoms with van der Waals surface area (Å²) in [6.07, 6.45) is 4.36. The van der Waals surface area contributed by atoms with Crippen LogP contribution in [-0.2, 0) is 19.0 Å². The number of esters is 2. The Kier molecular flexibility index (Phi) is 7.88. The topological polar surface area (TPSA) is 87.9 Å². The van der Waals surface area contributed by atoms with E-state index < -0.39 is 5.97 Å². The molecule has 1 aliphatic heterocycles. The van der Waals surface area contributed by atoms with E-state index in [0.29, 0.717) is 25.3 Å². The van der Waals surface area contributed by atoms with Crippen LogP contribution in [0.25, 0.3) is 11.1 Å². The van der Waals surface area contributed by atoms with Crippen LogP contribution in [0.2, 0.25) is 0 Å². The van der Waals surface area contributed by atoms with E-state index in [0.717, 1.165) is 28.3 Å². The molecule has 0 spiro atoms. The molecule has 3 rings (SSSR count). The SMILES string of the molecule is CCOC(=O)CCC(c1c(C(=O)OCC)oc2ncc(Br)cc12)C1COC(CC)C1. The van der Waals surface area contributed by atoms with Crippen molar-refractivity contribution in [3.63, 3.8) is 0 Å². The van der Waals surface area contributed by atoms with Gasteiger partial charge >= 0.3 is 11.9 Å². The van der Waals surface area contributed by atoms with Gasteiger partial charge in [0.1, 0.15) is 0 Å². The molecule has 7 nitrogen and oxygen atoms in total. The van der Waals surface area contributed by atoms with Crippen molar-refractivity contribution in [2.24, 2.45) is 5.92 Å². The summed E-state index contributed by atoms with van der Waals surface area (Å²) in [5, 5.41) is 0.751. The maximum atomic E-state index is 12.7. The monoisotopic (exact) mass is 481 g/mol. The maximum Gasteiger partial charge on any atom is 0.374 e. The molecule has 3 unspecified atom stereocenters. The first-order valence-electron chi connectivity index (χ1n) is 10.5. The molecule has 0 saturated carbocycles. The van der Waals surface area contributed by atoms with Crippen LogP contribution in [0.15, 0.2) is 21.2 Å². The molecule has 164 valence electrons. The normalized spacial score (nSPS) is 19.7. The number of halogens is 1. The van der Waals surface area contributed by atoms with Crippen molar-refractivity contribution >= 4 is 39.0 Å². The van der Waals surface area contributed by atoms with Gasteiger partial charge in [0, 0.05) is 28.0 Å². The van der Waals surface area contributed by atoms with E-state index in [4.69, 9.17) is 18.6 Å². The van der Waals surface area contributed by atoms with Crippen molar-refractivity contribution < 1.29 is 28.2 Å². The average Bonchev–Trinajstić information content (AvgIpc) is 3.34. The number of furan rings is 1. The second kappa shape index (κ2) is 10.4. The average molecular weight is 482 g/mol. The number of ether oxygens (including phenoxy) is 3. The first-order chi connectivity index (χ1) is 14.5. The maximum absolute atomic E-state index is 12.7. The highest BCUT2D eigenvalue weighted by Gasteiger charge is 2.37. The Morgan fingerprint density at radius 2 is 2.03 bits per heavy atom. The Balaban J connectivity index is 2.05. The number of aromatic nitrogens is 1. The lowest BCUT2D eigenvalue weighted by atomic mass is 9.80. The smallest absolute Gasteiger partial charge is 0.374 e. The highest BCUT2D eigenvalue weighted by molar-refractivity contribution is 9.10. The summed E-state index contributed by atoms with van der Waals surface area (Å²) in [5.74, 6) is -0.585. The lowest BCUT2D eigenvalue weighted by Gasteiger charge is -2.23. The van der Waals surface area contributed by atoms with Crippen LogP contribution in [0.4, 0.5) is 0 Å². The number of hydrogen-bond acceptors (Lipinski definition) is 7. The lowest BCUT2D eigenvalue weighted by molar-refractivity contribution is -0.143. The highest BCUT2D eigenvalue weighted by atomic mass is 79.9. The summed E-state index contributed by atoms with van der Waals surface area (Å²) < 4.78 is 23.0. The summed E-state index contributed by atoms with van der Waals surface area (Å²) in [7, 11) is 0. The Bertz CT molecular complexity index is 895. The van der Waals surface area contributed by atoms with Crippen molar-refractivity contribution in [1.29, 1.82) is 0 Å². The number of rotatable bonds is 9. The van der Waals surface area contributed by atoms with Gasteiger partial charge in [0.2, 0.25) is 11.5 Å². The molecule has 3 atom stereocenters. The zero-order valence-corrected chi connectivity index (χ0v) is 19.2. The summed E-state index contributed by atoms with van der Waals surface area (Å²) in [4.78, 5) is 29.2. The second-order valence-electron chi connectivity index (χ2n) is 7.38. The van der Waals surface area contributed by atoms with Gasteiger partial charge in [0.05, 0.1) is 25.9 Å². The van der Waals surface area contributed by atoms with Gasteiger partial charge in [0.25, 0.3) is 0 Å². The van der Waals surface area contributed by atoms with Crippen LogP contribution < -0.4 is 0 Å². The summed E-state index contributed by atoms with van der Waals surface area (Å²) >= 11 is 3.46. The molecule has 1 fully saturated rings. The molecule has 0 aromatic carbocycles.